The molecule has 0 aromatic heterocycles. The molecule has 0 amide bonds. The molecule has 0 aromatic carbocycles. The van der Waals surface area contributed by atoms with Crippen molar-refractivity contribution >= 4 is 5.90 Å². The molecule has 0 radical (unpaired) electrons. The monoisotopic (exact) mass is 316 g/mol. The van der Waals surface area contributed by atoms with Gasteiger partial charge in [-0.3, -0.25) is 5.01 Å². The Bertz CT molecular complexity index is 616. The Morgan fingerprint density at radius 3 is 2.70 bits per heavy atom. The van der Waals surface area contributed by atoms with Crippen molar-refractivity contribution in [2.24, 2.45) is 16.9 Å². The normalized spacial score (nSPS) is 30.1. The van der Waals surface area contributed by atoms with Gasteiger partial charge in [0.2, 0.25) is 5.90 Å². The summed E-state index contributed by atoms with van der Waals surface area (Å²) in [6, 6.07) is 0. The highest BCUT2D eigenvalue weighted by atomic mass is 16.5. The summed E-state index contributed by atoms with van der Waals surface area (Å²) in [7, 11) is 5.37. The first-order valence-electron chi connectivity index (χ1n) is 7.98. The molecule has 0 fully saturated rings. The average Bonchev–Trinajstić information content (AvgIpc) is 2.96. The molecule has 124 valence electrons. The van der Waals surface area contributed by atoms with Crippen LogP contribution in [-0.2, 0) is 14.2 Å². The average molecular weight is 316 g/mol. The summed E-state index contributed by atoms with van der Waals surface area (Å²) < 4.78 is 16.8. The SMILES string of the molecule is COC1=CCC(C2OC(C3=CC=C(OC)C(C)C3)=NN2C)C=C1. The number of hydrogen-bond acceptors (Lipinski definition) is 5. The minimum atomic E-state index is -0.0695. The third kappa shape index (κ3) is 3.14. The fourth-order valence-electron chi connectivity index (χ4n) is 3.17. The van der Waals surface area contributed by atoms with Gasteiger partial charge in [0.15, 0.2) is 6.23 Å². The molecule has 0 spiro atoms. The topological polar surface area (TPSA) is 43.3 Å². The molecule has 2 aliphatic carbocycles. The summed E-state index contributed by atoms with van der Waals surface area (Å²) in [4.78, 5) is 0. The van der Waals surface area contributed by atoms with E-state index in [-0.39, 0.29) is 12.1 Å². The van der Waals surface area contributed by atoms with Crippen LogP contribution in [0.4, 0.5) is 0 Å². The van der Waals surface area contributed by atoms with Gasteiger partial charge >= 0.3 is 0 Å². The maximum Gasteiger partial charge on any atom is 0.236 e. The summed E-state index contributed by atoms with van der Waals surface area (Å²) in [5.74, 6) is 3.25. The molecule has 3 atom stereocenters. The van der Waals surface area contributed by atoms with E-state index in [0.29, 0.717) is 5.92 Å². The second-order valence-corrected chi connectivity index (χ2v) is 6.13. The highest BCUT2D eigenvalue weighted by molar-refractivity contribution is 5.94. The van der Waals surface area contributed by atoms with E-state index in [1.807, 2.05) is 30.3 Å². The van der Waals surface area contributed by atoms with Crippen molar-refractivity contribution in [1.29, 1.82) is 0 Å². The summed E-state index contributed by atoms with van der Waals surface area (Å²) in [6.45, 7) is 2.15. The molecule has 3 aliphatic rings. The van der Waals surface area contributed by atoms with Crippen LogP contribution in [0.1, 0.15) is 19.8 Å². The molecule has 1 heterocycles. The summed E-state index contributed by atoms with van der Waals surface area (Å²) in [5, 5.41) is 6.51. The predicted molar refractivity (Wildman–Crippen MR) is 89.4 cm³/mol. The van der Waals surface area contributed by atoms with Crippen LogP contribution in [0.5, 0.6) is 0 Å². The van der Waals surface area contributed by atoms with Crippen molar-refractivity contribution in [2.45, 2.75) is 26.0 Å². The minimum absolute atomic E-state index is 0.0695. The first-order chi connectivity index (χ1) is 11.1. The molecule has 3 rings (SSSR count). The van der Waals surface area contributed by atoms with Crippen LogP contribution < -0.4 is 0 Å². The number of hydrazone groups is 1. The van der Waals surface area contributed by atoms with Gasteiger partial charge in [-0.15, -0.1) is 5.10 Å². The molecular formula is C18H24N2O3. The Morgan fingerprint density at radius 2 is 2.09 bits per heavy atom. The third-order valence-electron chi connectivity index (χ3n) is 4.52. The number of ether oxygens (including phenoxy) is 3. The molecule has 3 unspecified atom stereocenters. The Kier molecular flexibility index (Phi) is 4.46. The smallest absolute Gasteiger partial charge is 0.236 e. The third-order valence-corrected chi connectivity index (χ3v) is 4.52. The summed E-state index contributed by atoms with van der Waals surface area (Å²) >= 11 is 0. The van der Waals surface area contributed by atoms with E-state index < -0.39 is 0 Å². The molecule has 5 heteroatoms. The Morgan fingerprint density at radius 1 is 1.26 bits per heavy atom. The van der Waals surface area contributed by atoms with E-state index in [1.165, 1.54) is 0 Å². The van der Waals surface area contributed by atoms with Gasteiger partial charge in [0.05, 0.1) is 20.0 Å². The van der Waals surface area contributed by atoms with E-state index in [0.717, 1.165) is 35.8 Å². The zero-order valence-electron chi connectivity index (χ0n) is 14.2. The van der Waals surface area contributed by atoms with Gasteiger partial charge in [0.1, 0.15) is 5.76 Å². The Hall–Kier alpha value is -2.17. The van der Waals surface area contributed by atoms with E-state index in [2.05, 4.69) is 24.2 Å². The summed E-state index contributed by atoms with van der Waals surface area (Å²) in [6.07, 6.45) is 12.0. The molecule has 0 bridgehead atoms. The Labute approximate surface area is 137 Å². The number of allylic oxidation sites excluding steroid dienone is 5. The van der Waals surface area contributed by atoms with E-state index in [4.69, 9.17) is 14.2 Å². The summed E-state index contributed by atoms with van der Waals surface area (Å²) in [5.41, 5.74) is 1.13. The quantitative estimate of drug-likeness (QED) is 0.799. The van der Waals surface area contributed by atoms with Crippen molar-refractivity contribution in [2.75, 3.05) is 21.3 Å². The van der Waals surface area contributed by atoms with Gasteiger partial charge < -0.3 is 14.2 Å². The van der Waals surface area contributed by atoms with Gasteiger partial charge in [0, 0.05) is 24.5 Å². The standard InChI is InChI=1S/C18H24N2O3/c1-12-11-14(7-10-16(12)22-4)17-19-20(2)18(23-17)13-5-8-15(21-3)9-6-13/h5,7-10,12-13,18H,6,11H2,1-4H3. The van der Waals surface area contributed by atoms with Gasteiger partial charge in [0.25, 0.3) is 0 Å². The van der Waals surface area contributed by atoms with Gasteiger partial charge in [-0.25, -0.2) is 0 Å². The fraction of sp³-hybridized carbons (Fsp3) is 0.500. The number of methoxy groups -OCH3 is 2. The first kappa shape index (κ1) is 15.7. The molecule has 0 aromatic rings. The lowest BCUT2D eigenvalue weighted by Gasteiger charge is -2.26. The van der Waals surface area contributed by atoms with Crippen LogP contribution >= 0.6 is 0 Å². The van der Waals surface area contributed by atoms with E-state index >= 15 is 0 Å². The molecule has 0 saturated carbocycles. The fourth-order valence-corrected chi connectivity index (χ4v) is 3.17. The van der Waals surface area contributed by atoms with Crippen LogP contribution in [0, 0.1) is 11.8 Å². The zero-order valence-corrected chi connectivity index (χ0v) is 14.2. The lowest BCUT2D eigenvalue weighted by atomic mass is 9.94. The minimum Gasteiger partial charge on any atom is -0.501 e. The second kappa shape index (κ2) is 6.52. The highest BCUT2D eigenvalue weighted by Gasteiger charge is 2.34. The number of nitrogens with zero attached hydrogens (tertiary/aromatic N) is 2. The van der Waals surface area contributed by atoms with Crippen LogP contribution in [0.2, 0.25) is 0 Å². The van der Waals surface area contributed by atoms with Crippen molar-refractivity contribution in [3.05, 3.63) is 47.5 Å². The van der Waals surface area contributed by atoms with Gasteiger partial charge in [-0.1, -0.05) is 19.1 Å². The molecule has 0 saturated heterocycles. The zero-order chi connectivity index (χ0) is 16.4. The van der Waals surface area contributed by atoms with Crippen LogP contribution in [0.15, 0.2) is 52.6 Å². The molecule has 5 nitrogen and oxygen atoms in total. The second-order valence-electron chi connectivity index (χ2n) is 6.13. The molecule has 0 N–H and O–H groups in total. The lowest BCUT2D eigenvalue weighted by molar-refractivity contribution is 0.0399. The van der Waals surface area contributed by atoms with Gasteiger partial charge in [-0.2, -0.15) is 0 Å². The molecular weight excluding hydrogens is 292 g/mol. The first-order valence-corrected chi connectivity index (χ1v) is 7.98. The van der Waals surface area contributed by atoms with Crippen LogP contribution in [0.25, 0.3) is 0 Å². The maximum absolute atomic E-state index is 6.15. The Balaban J connectivity index is 1.68. The molecule has 23 heavy (non-hydrogen) atoms. The van der Waals surface area contributed by atoms with Crippen molar-refractivity contribution in [3.8, 4) is 0 Å². The van der Waals surface area contributed by atoms with Crippen molar-refractivity contribution in [1.82, 2.24) is 5.01 Å². The largest absolute Gasteiger partial charge is 0.501 e. The van der Waals surface area contributed by atoms with E-state index in [1.54, 1.807) is 14.2 Å². The van der Waals surface area contributed by atoms with Crippen molar-refractivity contribution in [3.63, 3.8) is 0 Å². The van der Waals surface area contributed by atoms with Gasteiger partial charge in [-0.05, 0) is 31.1 Å². The predicted octanol–water partition coefficient (Wildman–Crippen LogP) is 3.19. The maximum atomic E-state index is 6.15. The lowest BCUT2D eigenvalue weighted by Crippen LogP contribution is -2.32. The van der Waals surface area contributed by atoms with Crippen LogP contribution in [-0.4, -0.2) is 38.4 Å². The highest BCUT2D eigenvalue weighted by Crippen LogP contribution is 2.32. The number of hydrogen-bond donors (Lipinski definition) is 0. The van der Waals surface area contributed by atoms with E-state index in [9.17, 15) is 0 Å². The van der Waals surface area contributed by atoms with Crippen molar-refractivity contribution < 1.29 is 14.2 Å². The molecule has 1 aliphatic heterocycles. The van der Waals surface area contributed by atoms with Crippen LogP contribution in [0.3, 0.4) is 0 Å². The number of rotatable bonds is 4.